The van der Waals surface area contributed by atoms with Gasteiger partial charge in [0.2, 0.25) is 0 Å². The van der Waals surface area contributed by atoms with Crippen molar-refractivity contribution in [3.8, 4) is 0 Å². The first-order valence-corrected chi connectivity index (χ1v) is 7.19. The number of rotatable bonds is 7. The van der Waals surface area contributed by atoms with Gasteiger partial charge in [-0.2, -0.15) is 0 Å². The third kappa shape index (κ3) is 2.57. The molecule has 0 aromatic carbocycles. The third-order valence-corrected chi connectivity index (χ3v) is 4.31. The van der Waals surface area contributed by atoms with E-state index in [9.17, 15) is 0 Å². The van der Waals surface area contributed by atoms with Gasteiger partial charge in [0.05, 0.1) is 6.10 Å². The molecule has 2 rings (SSSR count). The van der Waals surface area contributed by atoms with E-state index in [0.717, 1.165) is 13.2 Å². The molecule has 4 nitrogen and oxygen atoms in total. The van der Waals surface area contributed by atoms with Crippen LogP contribution in [0.15, 0.2) is 0 Å². The first-order chi connectivity index (χ1) is 8.61. The van der Waals surface area contributed by atoms with Crippen molar-refractivity contribution in [3.05, 3.63) is 0 Å². The van der Waals surface area contributed by atoms with Gasteiger partial charge in [-0.25, -0.2) is 0 Å². The fraction of sp³-hybridized carbons (Fsp3) is 1.00. The van der Waals surface area contributed by atoms with E-state index in [0.29, 0.717) is 31.3 Å². The van der Waals surface area contributed by atoms with Crippen LogP contribution < -0.4 is 5.32 Å². The molecular formula is C14H27NO3. The maximum Gasteiger partial charge on any atom is 0.169 e. The maximum atomic E-state index is 5.80. The summed E-state index contributed by atoms with van der Waals surface area (Å²) in [6.45, 7) is 11.6. The normalized spacial score (nSPS) is 33.5. The van der Waals surface area contributed by atoms with Crippen molar-refractivity contribution in [1.82, 2.24) is 5.32 Å². The Morgan fingerprint density at radius 3 is 2.56 bits per heavy atom. The number of hydrogen-bond acceptors (Lipinski definition) is 4. The Kier molecular flexibility index (Phi) is 4.64. The van der Waals surface area contributed by atoms with Crippen molar-refractivity contribution in [1.29, 1.82) is 0 Å². The average Bonchev–Trinajstić information content (AvgIpc) is 2.76. The number of ether oxygens (including phenoxy) is 3. The molecule has 0 aromatic heterocycles. The lowest BCUT2D eigenvalue weighted by molar-refractivity contribution is -0.150. The quantitative estimate of drug-likeness (QED) is 0.706. The van der Waals surface area contributed by atoms with Gasteiger partial charge in [-0.05, 0) is 20.3 Å². The fourth-order valence-electron chi connectivity index (χ4n) is 3.50. The van der Waals surface area contributed by atoms with Crippen molar-refractivity contribution in [2.75, 3.05) is 26.4 Å². The summed E-state index contributed by atoms with van der Waals surface area (Å²) in [7, 11) is 0. The van der Waals surface area contributed by atoms with Crippen LogP contribution in [0, 0.1) is 11.3 Å². The van der Waals surface area contributed by atoms with E-state index in [2.05, 4.69) is 19.2 Å². The second-order valence-electron chi connectivity index (χ2n) is 5.79. The molecule has 18 heavy (non-hydrogen) atoms. The van der Waals surface area contributed by atoms with Crippen LogP contribution in [-0.4, -0.2) is 44.8 Å². The molecule has 0 spiro atoms. The van der Waals surface area contributed by atoms with Crippen LogP contribution in [0.3, 0.4) is 0 Å². The van der Waals surface area contributed by atoms with Gasteiger partial charge in [0.25, 0.3) is 0 Å². The minimum atomic E-state index is -0.128. The highest BCUT2D eigenvalue weighted by Crippen LogP contribution is 2.52. The molecule has 3 unspecified atom stereocenters. The Balaban J connectivity index is 1.82. The van der Waals surface area contributed by atoms with Gasteiger partial charge in [-0.3, -0.25) is 0 Å². The predicted octanol–water partition coefficient (Wildman–Crippen LogP) is 1.79. The van der Waals surface area contributed by atoms with Gasteiger partial charge in [0.1, 0.15) is 0 Å². The lowest BCUT2D eigenvalue weighted by Gasteiger charge is -2.55. The summed E-state index contributed by atoms with van der Waals surface area (Å²) in [4.78, 5) is 0. The van der Waals surface area contributed by atoms with Gasteiger partial charge in [0.15, 0.2) is 6.29 Å². The topological polar surface area (TPSA) is 39.7 Å². The lowest BCUT2D eigenvalue weighted by Crippen LogP contribution is -2.66. The third-order valence-electron chi connectivity index (χ3n) is 4.31. The smallest absolute Gasteiger partial charge is 0.169 e. The maximum absolute atomic E-state index is 5.80. The highest BCUT2D eigenvalue weighted by molar-refractivity contribution is 5.11. The molecule has 0 bridgehead atoms. The van der Waals surface area contributed by atoms with E-state index in [-0.39, 0.29) is 11.7 Å². The van der Waals surface area contributed by atoms with E-state index < -0.39 is 0 Å². The van der Waals surface area contributed by atoms with Gasteiger partial charge in [0, 0.05) is 43.7 Å². The molecule has 1 N–H and O–H groups in total. The van der Waals surface area contributed by atoms with Gasteiger partial charge < -0.3 is 19.5 Å². The lowest BCUT2D eigenvalue weighted by atomic mass is 9.57. The number of hydrogen-bond donors (Lipinski definition) is 1. The summed E-state index contributed by atoms with van der Waals surface area (Å²) < 4.78 is 16.9. The minimum Gasteiger partial charge on any atom is -0.377 e. The summed E-state index contributed by atoms with van der Waals surface area (Å²) in [6.07, 6.45) is 1.49. The van der Waals surface area contributed by atoms with E-state index in [4.69, 9.17) is 14.2 Å². The first kappa shape index (κ1) is 14.3. The Morgan fingerprint density at radius 2 is 1.94 bits per heavy atom. The molecule has 2 fully saturated rings. The molecule has 1 saturated carbocycles. The second kappa shape index (κ2) is 5.87. The van der Waals surface area contributed by atoms with Crippen LogP contribution in [0.2, 0.25) is 0 Å². The Labute approximate surface area is 110 Å². The van der Waals surface area contributed by atoms with Gasteiger partial charge in [-0.1, -0.05) is 13.8 Å². The van der Waals surface area contributed by atoms with Crippen molar-refractivity contribution in [2.24, 2.45) is 11.3 Å². The predicted molar refractivity (Wildman–Crippen MR) is 70.5 cm³/mol. The van der Waals surface area contributed by atoms with Gasteiger partial charge in [-0.15, -0.1) is 0 Å². The summed E-state index contributed by atoms with van der Waals surface area (Å²) >= 11 is 0. The van der Waals surface area contributed by atoms with E-state index in [1.807, 2.05) is 13.8 Å². The highest BCUT2D eigenvalue weighted by Gasteiger charge is 2.59. The van der Waals surface area contributed by atoms with Crippen LogP contribution in [0.5, 0.6) is 0 Å². The summed E-state index contributed by atoms with van der Waals surface area (Å²) in [6, 6.07) is 0.522. The standard InChI is InChI=1S/C14H27NO3/c1-5-16-11(17-6-2)9-15-12-10-7-8-18-13(10)14(12,3)4/h10-13,15H,5-9H2,1-4H3. The molecule has 1 aliphatic heterocycles. The Morgan fingerprint density at radius 1 is 1.28 bits per heavy atom. The first-order valence-electron chi connectivity index (χ1n) is 7.19. The Hall–Kier alpha value is -0.160. The largest absolute Gasteiger partial charge is 0.377 e. The van der Waals surface area contributed by atoms with E-state index in [1.54, 1.807) is 0 Å². The average molecular weight is 257 g/mol. The highest BCUT2D eigenvalue weighted by atomic mass is 16.7. The molecule has 1 saturated heterocycles. The molecule has 0 amide bonds. The van der Waals surface area contributed by atoms with E-state index in [1.165, 1.54) is 6.42 Å². The number of fused-ring (bicyclic) bond motifs is 1. The summed E-state index contributed by atoms with van der Waals surface area (Å²) in [5, 5.41) is 3.62. The van der Waals surface area contributed by atoms with Crippen molar-refractivity contribution in [2.45, 2.75) is 52.6 Å². The second-order valence-corrected chi connectivity index (χ2v) is 5.79. The van der Waals surface area contributed by atoms with Crippen LogP contribution in [0.4, 0.5) is 0 Å². The summed E-state index contributed by atoms with van der Waals surface area (Å²) in [5.74, 6) is 0.670. The van der Waals surface area contributed by atoms with Crippen molar-refractivity contribution in [3.63, 3.8) is 0 Å². The summed E-state index contributed by atoms with van der Waals surface area (Å²) in [5.41, 5.74) is 0.226. The number of nitrogens with one attached hydrogen (secondary N) is 1. The fourth-order valence-corrected chi connectivity index (χ4v) is 3.50. The van der Waals surface area contributed by atoms with Gasteiger partial charge >= 0.3 is 0 Å². The zero-order valence-electron chi connectivity index (χ0n) is 12.1. The molecule has 2 aliphatic rings. The minimum absolute atomic E-state index is 0.128. The molecule has 3 atom stereocenters. The Bertz CT molecular complexity index is 264. The molecule has 106 valence electrons. The zero-order chi connectivity index (χ0) is 13.2. The van der Waals surface area contributed by atoms with Crippen molar-refractivity contribution < 1.29 is 14.2 Å². The van der Waals surface area contributed by atoms with Crippen LogP contribution in [-0.2, 0) is 14.2 Å². The zero-order valence-corrected chi connectivity index (χ0v) is 12.1. The van der Waals surface area contributed by atoms with E-state index >= 15 is 0 Å². The molecule has 0 radical (unpaired) electrons. The van der Waals surface area contributed by atoms with Crippen LogP contribution in [0.1, 0.15) is 34.1 Å². The van der Waals surface area contributed by atoms with Crippen molar-refractivity contribution >= 4 is 0 Å². The molecule has 1 heterocycles. The molecule has 1 aliphatic carbocycles. The monoisotopic (exact) mass is 257 g/mol. The molecule has 4 heteroatoms. The SMILES string of the molecule is CCOC(CNC1C2CCOC2C1(C)C)OCC. The van der Waals surface area contributed by atoms with Crippen LogP contribution >= 0.6 is 0 Å². The van der Waals surface area contributed by atoms with Crippen LogP contribution in [0.25, 0.3) is 0 Å². The molecule has 0 aromatic rings. The molecular weight excluding hydrogens is 230 g/mol.